The van der Waals surface area contributed by atoms with Crippen molar-refractivity contribution in [3.63, 3.8) is 0 Å². The van der Waals surface area contributed by atoms with Gasteiger partial charge in [0.2, 0.25) is 0 Å². The Hall–Kier alpha value is -0.770. The fourth-order valence-corrected chi connectivity index (χ4v) is 3.70. The van der Waals surface area contributed by atoms with Gasteiger partial charge in [-0.2, -0.15) is 0 Å². The number of hydrogen-bond donors (Lipinski definition) is 2. The van der Waals surface area contributed by atoms with E-state index in [1.54, 1.807) is 0 Å². The van der Waals surface area contributed by atoms with Crippen LogP contribution in [0.2, 0.25) is 0 Å². The SMILES string of the molecule is CN=C(NCC1CCCOC1C(C)(C)C)NC1CCCC1. The number of hydrogen-bond acceptors (Lipinski definition) is 2. The maximum atomic E-state index is 6.05. The van der Waals surface area contributed by atoms with Gasteiger partial charge in [-0.3, -0.25) is 4.99 Å². The molecule has 2 unspecified atom stereocenters. The molecule has 1 saturated carbocycles. The average Bonchev–Trinajstić information content (AvgIpc) is 2.95. The predicted octanol–water partition coefficient (Wildman–Crippen LogP) is 2.94. The standard InChI is InChI=1S/C17H33N3O/c1-17(2,3)15-13(8-7-11-21-15)12-19-16(18-4)20-14-9-5-6-10-14/h13-15H,5-12H2,1-4H3,(H2,18,19,20). The molecule has 1 aliphatic heterocycles. The summed E-state index contributed by atoms with van der Waals surface area (Å²) in [5, 5.41) is 7.08. The fourth-order valence-electron chi connectivity index (χ4n) is 3.70. The normalized spacial score (nSPS) is 28.7. The van der Waals surface area contributed by atoms with Crippen LogP contribution in [0.4, 0.5) is 0 Å². The Morgan fingerprint density at radius 1 is 1.14 bits per heavy atom. The van der Waals surface area contributed by atoms with E-state index in [9.17, 15) is 0 Å². The van der Waals surface area contributed by atoms with Crippen molar-refractivity contribution in [2.75, 3.05) is 20.2 Å². The van der Waals surface area contributed by atoms with Crippen LogP contribution in [0.3, 0.4) is 0 Å². The van der Waals surface area contributed by atoms with E-state index in [0.29, 0.717) is 18.1 Å². The van der Waals surface area contributed by atoms with Crippen LogP contribution >= 0.6 is 0 Å². The van der Waals surface area contributed by atoms with Crippen LogP contribution in [-0.2, 0) is 4.74 Å². The topological polar surface area (TPSA) is 45.7 Å². The lowest BCUT2D eigenvalue weighted by Crippen LogP contribution is -2.49. The van der Waals surface area contributed by atoms with Crippen LogP contribution in [0.1, 0.15) is 59.3 Å². The first kappa shape index (κ1) is 16.6. The number of rotatable bonds is 3. The Bertz CT molecular complexity index is 342. The molecule has 0 amide bonds. The minimum absolute atomic E-state index is 0.204. The van der Waals surface area contributed by atoms with E-state index in [2.05, 4.69) is 36.4 Å². The molecule has 2 fully saturated rings. The van der Waals surface area contributed by atoms with Crippen molar-refractivity contribution in [2.45, 2.75) is 71.4 Å². The third-order valence-electron chi connectivity index (χ3n) is 4.75. The van der Waals surface area contributed by atoms with Gasteiger partial charge in [-0.15, -0.1) is 0 Å². The first-order valence-electron chi connectivity index (χ1n) is 8.59. The number of nitrogens with one attached hydrogen (secondary N) is 2. The van der Waals surface area contributed by atoms with E-state index in [0.717, 1.165) is 19.1 Å². The molecule has 2 rings (SSSR count). The van der Waals surface area contributed by atoms with Gasteiger partial charge in [0.15, 0.2) is 5.96 Å². The molecule has 0 radical (unpaired) electrons. The lowest BCUT2D eigenvalue weighted by atomic mass is 9.78. The summed E-state index contributed by atoms with van der Waals surface area (Å²) < 4.78 is 6.05. The van der Waals surface area contributed by atoms with Crippen molar-refractivity contribution in [1.29, 1.82) is 0 Å². The number of aliphatic imine (C=N–C) groups is 1. The van der Waals surface area contributed by atoms with Gasteiger partial charge in [-0.05, 0) is 31.1 Å². The molecule has 21 heavy (non-hydrogen) atoms. The largest absolute Gasteiger partial charge is 0.377 e. The van der Waals surface area contributed by atoms with Crippen LogP contribution in [0, 0.1) is 11.3 Å². The Morgan fingerprint density at radius 2 is 1.86 bits per heavy atom. The van der Waals surface area contributed by atoms with Crippen LogP contribution < -0.4 is 10.6 Å². The molecule has 1 heterocycles. The third kappa shape index (κ3) is 4.87. The minimum Gasteiger partial charge on any atom is -0.377 e. The molecule has 4 nitrogen and oxygen atoms in total. The smallest absolute Gasteiger partial charge is 0.191 e. The van der Waals surface area contributed by atoms with E-state index < -0.39 is 0 Å². The van der Waals surface area contributed by atoms with E-state index in [4.69, 9.17) is 4.74 Å². The zero-order valence-electron chi connectivity index (χ0n) is 14.2. The highest BCUT2D eigenvalue weighted by atomic mass is 16.5. The van der Waals surface area contributed by atoms with Crippen molar-refractivity contribution in [3.05, 3.63) is 0 Å². The number of nitrogens with zero attached hydrogens (tertiary/aromatic N) is 1. The second kappa shape index (κ2) is 7.48. The highest BCUT2D eigenvalue weighted by molar-refractivity contribution is 5.79. The Kier molecular flexibility index (Phi) is 5.91. The molecule has 122 valence electrons. The summed E-state index contributed by atoms with van der Waals surface area (Å²) in [6.07, 6.45) is 8.00. The van der Waals surface area contributed by atoms with Gasteiger partial charge in [0.25, 0.3) is 0 Å². The lowest BCUT2D eigenvalue weighted by Gasteiger charge is -2.40. The Balaban J connectivity index is 1.84. The molecule has 1 saturated heterocycles. The van der Waals surface area contributed by atoms with Gasteiger partial charge in [-0.1, -0.05) is 33.6 Å². The summed E-state index contributed by atoms with van der Waals surface area (Å²) in [6.45, 7) is 8.70. The maximum Gasteiger partial charge on any atom is 0.191 e. The molecule has 2 N–H and O–H groups in total. The molecule has 0 aromatic rings. The molecule has 0 aromatic carbocycles. The average molecular weight is 295 g/mol. The molecular formula is C17H33N3O. The summed E-state index contributed by atoms with van der Waals surface area (Å²) in [6, 6.07) is 0.609. The van der Waals surface area contributed by atoms with Gasteiger partial charge in [0.05, 0.1) is 6.10 Å². The first-order valence-corrected chi connectivity index (χ1v) is 8.59. The summed E-state index contributed by atoms with van der Waals surface area (Å²) in [7, 11) is 1.86. The van der Waals surface area contributed by atoms with E-state index in [1.807, 2.05) is 7.05 Å². The van der Waals surface area contributed by atoms with Gasteiger partial charge < -0.3 is 15.4 Å². The van der Waals surface area contributed by atoms with Crippen LogP contribution in [-0.4, -0.2) is 38.3 Å². The van der Waals surface area contributed by atoms with Gasteiger partial charge in [-0.25, -0.2) is 0 Å². The monoisotopic (exact) mass is 295 g/mol. The van der Waals surface area contributed by atoms with Crippen LogP contribution in [0.25, 0.3) is 0 Å². The zero-order chi connectivity index (χ0) is 15.3. The molecular weight excluding hydrogens is 262 g/mol. The maximum absolute atomic E-state index is 6.05. The molecule has 2 atom stereocenters. The predicted molar refractivity (Wildman–Crippen MR) is 88.7 cm³/mol. The summed E-state index contributed by atoms with van der Waals surface area (Å²) in [5.74, 6) is 1.53. The molecule has 0 bridgehead atoms. The second-order valence-electron chi connectivity index (χ2n) is 7.64. The van der Waals surface area contributed by atoms with E-state index in [1.165, 1.54) is 38.5 Å². The van der Waals surface area contributed by atoms with Gasteiger partial charge >= 0.3 is 0 Å². The molecule has 0 spiro atoms. The molecule has 4 heteroatoms. The summed E-state index contributed by atoms with van der Waals surface area (Å²) >= 11 is 0. The minimum atomic E-state index is 0.204. The molecule has 0 aromatic heterocycles. The third-order valence-corrected chi connectivity index (χ3v) is 4.75. The Morgan fingerprint density at radius 3 is 2.48 bits per heavy atom. The summed E-state index contributed by atoms with van der Waals surface area (Å²) in [4.78, 5) is 4.38. The van der Waals surface area contributed by atoms with Crippen molar-refractivity contribution >= 4 is 5.96 Å². The molecule has 2 aliphatic rings. The zero-order valence-corrected chi connectivity index (χ0v) is 14.2. The van der Waals surface area contributed by atoms with Crippen LogP contribution in [0.5, 0.6) is 0 Å². The van der Waals surface area contributed by atoms with Gasteiger partial charge in [0, 0.05) is 32.2 Å². The lowest BCUT2D eigenvalue weighted by molar-refractivity contribution is -0.0835. The Labute approximate surface area is 130 Å². The van der Waals surface area contributed by atoms with E-state index >= 15 is 0 Å². The van der Waals surface area contributed by atoms with Crippen molar-refractivity contribution < 1.29 is 4.74 Å². The van der Waals surface area contributed by atoms with Gasteiger partial charge in [0.1, 0.15) is 0 Å². The number of guanidine groups is 1. The quantitative estimate of drug-likeness (QED) is 0.621. The van der Waals surface area contributed by atoms with Crippen molar-refractivity contribution in [1.82, 2.24) is 10.6 Å². The highest BCUT2D eigenvalue weighted by Crippen LogP contribution is 2.33. The first-order chi connectivity index (χ1) is 10.0. The summed E-state index contributed by atoms with van der Waals surface area (Å²) in [5.41, 5.74) is 0.204. The second-order valence-corrected chi connectivity index (χ2v) is 7.64. The highest BCUT2D eigenvalue weighted by Gasteiger charge is 2.35. The number of ether oxygens (including phenoxy) is 1. The van der Waals surface area contributed by atoms with Crippen LogP contribution in [0.15, 0.2) is 4.99 Å². The van der Waals surface area contributed by atoms with E-state index in [-0.39, 0.29) is 5.41 Å². The molecule has 1 aliphatic carbocycles. The van der Waals surface area contributed by atoms with Crippen molar-refractivity contribution in [2.24, 2.45) is 16.3 Å². The fraction of sp³-hybridized carbons (Fsp3) is 0.941. The van der Waals surface area contributed by atoms with Crippen molar-refractivity contribution in [3.8, 4) is 0 Å².